The monoisotopic (exact) mass is 465 g/mol. The Kier molecular flexibility index (Phi) is 6.25. The van der Waals surface area contributed by atoms with Crippen LogP contribution in [-0.2, 0) is 10.3 Å². The lowest BCUT2D eigenvalue weighted by molar-refractivity contribution is 0.152. The minimum Gasteiger partial charge on any atom is -0.452 e. The molecule has 0 saturated carbocycles. The van der Waals surface area contributed by atoms with Crippen molar-refractivity contribution in [1.82, 2.24) is 14.8 Å². The van der Waals surface area contributed by atoms with Gasteiger partial charge >= 0.3 is 12.2 Å². The molecule has 0 unspecified atom stereocenters. The lowest BCUT2D eigenvalue weighted by Gasteiger charge is -2.39. The molecule has 2 aromatic heterocycles. The van der Waals surface area contributed by atoms with Crippen LogP contribution in [0.3, 0.4) is 0 Å². The van der Waals surface area contributed by atoms with Gasteiger partial charge in [-0.2, -0.15) is 5.10 Å². The van der Waals surface area contributed by atoms with Crippen LogP contribution in [0.25, 0.3) is 11.1 Å². The highest BCUT2D eigenvalue weighted by Gasteiger charge is 2.37. The highest BCUT2D eigenvalue weighted by Crippen LogP contribution is 2.39. The first kappa shape index (κ1) is 23.2. The second-order valence-corrected chi connectivity index (χ2v) is 8.68. The zero-order valence-electron chi connectivity index (χ0n) is 19.5. The molecule has 178 valence electrons. The van der Waals surface area contributed by atoms with Crippen molar-refractivity contribution in [3.05, 3.63) is 55.0 Å². The number of aromatic nitrogens is 3. The first-order chi connectivity index (χ1) is 16.2. The number of carbonyl (C=O) groups is 2. The minimum absolute atomic E-state index is 0.0720. The van der Waals surface area contributed by atoms with Crippen LogP contribution < -0.4 is 14.5 Å². The zero-order valence-corrected chi connectivity index (χ0v) is 19.5. The number of benzene rings is 1. The molecule has 1 aliphatic heterocycles. The zero-order chi connectivity index (χ0) is 24.5. The van der Waals surface area contributed by atoms with Crippen molar-refractivity contribution < 1.29 is 24.2 Å². The van der Waals surface area contributed by atoms with Crippen molar-refractivity contribution in [3.8, 4) is 17.0 Å². The third-order valence-electron chi connectivity index (χ3n) is 5.76. The molecule has 0 aliphatic carbocycles. The van der Waals surface area contributed by atoms with E-state index in [1.54, 1.807) is 35.1 Å². The average molecular weight is 466 g/mol. The molecule has 34 heavy (non-hydrogen) atoms. The Balaban J connectivity index is 1.75. The van der Waals surface area contributed by atoms with Gasteiger partial charge in [0.2, 0.25) is 5.88 Å². The number of fused-ring (bicyclic) bond motifs is 1. The lowest BCUT2D eigenvalue weighted by atomic mass is 10.0. The summed E-state index contributed by atoms with van der Waals surface area (Å²) in [7, 11) is 1.32. The number of hydrogen-bond donors (Lipinski definition) is 1. The van der Waals surface area contributed by atoms with Crippen molar-refractivity contribution in [2.45, 2.75) is 32.4 Å². The number of amides is 2. The van der Waals surface area contributed by atoms with Crippen LogP contribution in [0.1, 0.15) is 20.8 Å². The summed E-state index contributed by atoms with van der Waals surface area (Å²) in [5.41, 5.74) is 2.04. The highest BCUT2D eigenvalue weighted by molar-refractivity contribution is 6.02. The van der Waals surface area contributed by atoms with E-state index in [0.29, 0.717) is 11.4 Å². The van der Waals surface area contributed by atoms with Gasteiger partial charge in [0.05, 0.1) is 49.4 Å². The fraction of sp³-hybridized carbons (Fsp3) is 0.333. The molecule has 3 aromatic rings. The molecule has 0 fully saturated rings. The fourth-order valence-corrected chi connectivity index (χ4v) is 3.78. The lowest BCUT2D eigenvalue weighted by Crippen LogP contribution is -2.52. The highest BCUT2D eigenvalue weighted by atomic mass is 16.6. The van der Waals surface area contributed by atoms with Crippen LogP contribution in [0.5, 0.6) is 5.88 Å². The third-order valence-corrected chi connectivity index (χ3v) is 5.76. The van der Waals surface area contributed by atoms with Crippen LogP contribution in [-0.4, -0.2) is 58.4 Å². The van der Waals surface area contributed by atoms with Gasteiger partial charge in [-0.25, -0.2) is 14.6 Å². The maximum absolute atomic E-state index is 13.1. The van der Waals surface area contributed by atoms with Crippen molar-refractivity contribution in [2.24, 2.45) is 0 Å². The van der Waals surface area contributed by atoms with Crippen LogP contribution in [0, 0.1) is 0 Å². The largest absolute Gasteiger partial charge is 0.452 e. The Morgan fingerprint density at radius 2 is 1.94 bits per heavy atom. The molecule has 0 radical (unpaired) electrons. The predicted molar refractivity (Wildman–Crippen MR) is 126 cm³/mol. The van der Waals surface area contributed by atoms with E-state index in [1.165, 1.54) is 23.1 Å². The normalized spacial score (nSPS) is 15.6. The molecule has 4 rings (SSSR count). The van der Waals surface area contributed by atoms with Gasteiger partial charge in [0, 0.05) is 24.0 Å². The summed E-state index contributed by atoms with van der Waals surface area (Å²) in [6.07, 6.45) is 3.94. The number of carbonyl (C=O) groups excluding carboxylic acids is 2. The van der Waals surface area contributed by atoms with Crippen molar-refractivity contribution >= 4 is 23.6 Å². The number of hydrogen-bond acceptors (Lipinski definition) is 7. The first-order valence-electron chi connectivity index (χ1n) is 10.8. The van der Waals surface area contributed by atoms with Crippen LogP contribution in [0.15, 0.2) is 55.0 Å². The van der Waals surface area contributed by atoms with E-state index in [-0.39, 0.29) is 25.1 Å². The van der Waals surface area contributed by atoms with Gasteiger partial charge in [-0.1, -0.05) is 12.1 Å². The Bertz CT molecular complexity index is 1190. The number of anilines is 2. The number of methoxy groups -OCH3 is 1. The topological polar surface area (TPSA) is 110 Å². The standard InChI is InChI=1S/C24H27N5O5/c1-16-13-27(22(31)34-21-7-5-6-10-25-21)20-11-17(8-9-19(20)29(16)23(32)33-4)18-12-26-28(14-18)24(2,3)15-30/h5-12,14,16,30H,13,15H2,1-4H3/t16-/m0/s1. The maximum Gasteiger partial charge on any atom is 0.421 e. The number of aliphatic hydroxyl groups is 1. The van der Waals surface area contributed by atoms with Crippen molar-refractivity contribution in [3.63, 3.8) is 0 Å². The van der Waals surface area contributed by atoms with Gasteiger partial charge in [0.1, 0.15) is 0 Å². The van der Waals surface area contributed by atoms with E-state index in [4.69, 9.17) is 9.47 Å². The van der Waals surface area contributed by atoms with Gasteiger partial charge in [-0.3, -0.25) is 14.5 Å². The van der Waals surface area contributed by atoms with Crippen LogP contribution >= 0.6 is 0 Å². The Morgan fingerprint density at radius 1 is 1.15 bits per heavy atom. The predicted octanol–water partition coefficient (Wildman–Crippen LogP) is 3.65. The quantitative estimate of drug-likeness (QED) is 0.626. The van der Waals surface area contributed by atoms with E-state index in [1.807, 2.05) is 39.1 Å². The van der Waals surface area contributed by atoms with E-state index in [0.717, 1.165) is 11.1 Å². The Labute approximate surface area is 197 Å². The summed E-state index contributed by atoms with van der Waals surface area (Å²) in [6, 6.07) is 10.1. The number of pyridine rings is 1. The van der Waals surface area contributed by atoms with Gasteiger partial charge in [0.25, 0.3) is 0 Å². The minimum atomic E-state index is -0.606. The molecule has 2 amide bonds. The molecule has 1 atom stereocenters. The second kappa shape index (κ2) is 9.14. The summed E-state index contributed by atoms with van der Waals surface area (Å²) >= 11 is 0. The second-order valence-electron chi connectivity index (χ2n) is 8.68. The summed E-state index contributed by atoms with van der Waals surface area (Å²) < 4.78 is 12.2. The van der Waals surface area contributed by atoms with E-state index in [9.17, 15) is 14.7 Å². The number of aliphatic hydroxyl groups excluding tert-OH is 1. The smallest absolute Gasteiger partial charge is 0.421 e. The molecule has 0 bridgehead atoms. The molecule has 1 aliphatic rings. The molecule has 10 heteroatoms. The van der Waals surface area contributed by atoms with Gasteiger partial charge in [0.15, 0.2) is 0 Å². The number of rotatable bonds is 4. The van der Waals surface area contributed by atoms with E-state index in [2.05, 4.69) is 10.1 Å². The fourth-order valence-electron chi connectivity index (χ4n) is 3.78. The summed E-state index contributed by atoms with van der Waals surface area (Å²) in [4.78, 5) is 32.7. The molecule has 0 saturated heterocycles. The van der Waals surface area contributed by atoms with Crippen LogP contribution in [0.2, 0.25) is 0 Å². The van der Waals surface area contributed by atoms with Crippen molar-refractivity contribution in [1.29, 1.82) is 0 Å². The molecule has 1 aromatic carbocycles. The summed E-state index contributed by atoms with van der Waals surface area (Å²) in [5.74, 6) is 0.181. The Hall–Kier alpha value is -3.92. The molecule has 10 nitrogen and oxygen atoms in total. The number of ether oxygens (including phenoxy) is 2. The summed E-state index contributed by atoms with van der Waals surface area (Å²) in [6.45, 7) is 5.71. The SMILES string of the molecule is COC(=O)N1c2ccc(-c3cnn(C(C)(C)CO)c3)cc2N(C(=O)Oc2ccccn2)C[C@@H]1C. The summed E-state index contributed by atoms with van der Waals surface area (Å²) in [5, 5.41) is 14.0. The number of nitrogens with zero attached hydrogens (tertiary/aromatic N) is 5. The van der Waals surface area contributed by atoms with Gasteiger partial charge in [-0.15, -0.1) is 0 Å². The first-order valence-corrected chi connectivity index (χ1v) is 10.8. The van der Waals surface area contributed by atoms with Gasteiger partial charge < -0.3 is 14.6 Å². The maximum atomic E-state index is 13.1. The van der Waals surface area contributed by atoms with Crippen LogP contribution in [0.4, 0.5) is 21.0 Å². The Morgan fingerprint density at radius 3 is 2.62 bits per heavy atom. The average Bonchev–Trinajstić information content (AvgIpc) is 3.35. The molecule has 0 spiro atoms. The molecular formula is C24H27N5O5. The molecular weight excluding hydrogens is 438 g/mol. The van der Waals surface area contributed by atoms with Gasteiger partial charge in [-0.05, 0) is 44.5 Å². The molecule has 1 N–H and O–H groups in total. The van der Waals surface area contributed by atoms with Crippen molar-refractivity contribution in [2.75, 3.05) is 30.1 Å². The van der Waals surface area contributed by atoms with E-state index < -0.39 is 17.7 Å². The molecule has 3 heterocycles. The third kappa shape index (κ3) is 4.32. The van der Waals surface area contributed by atoms with E-state index >= 15 is 0 Å².